The Morgan fingerprint density at radius 2 is 1.93 bits per heavy atom. The van der Waals surface area contributed by atoms with Crippen LogP contribution in [0.1, 0.15) is 18.4 Å². The Morgan fingerprint density at radius 1 is 1.17 bits per heavy atom. The molecular weight excluding hydrogens is 390 g/mol. The fourth-order valence-electron chi connectivity index (χ4n) is 2.60. The summed E-state index contributed by atoms with van der Waals surface area (Å²) in [5.74, 6) is 1.84. The van der Waals surface area contributed by atoms with Crippen molar-refractivity contribution in [3.63, 3.8) is 0 Å². The molecule has 0 saturated heterocycles. The maximum Gasteiger partial charge on any atom is 0.246 e. The van der Waals surface area contributed by atoms with Crippen molar-refractivity contribution >= 4 is 17.7 Å². The van der Waals surface area contributed by atoms with Crippen LogP contribution in [0.2, 0.25) is 0 Å². The molecule has 0 radical (unpaired) electrons. The summed E-state index contributed by atoms with van der Waals surface area (Å²) >= 11 is 1.50. The lowest BCUT2D eigenvalue weighted by molar-refractivity contribution is -0.120. The second-order valence-electron chi connectivity index (χ2n) is 6.37. The fourth-order valence-corrected chi connectivity index (χ4v) is 3.49. The van der Waals surface area contributed by atoms with Gasteiger partial charge in [-0.2, -0.15) is 4.98 Å². The first-order valence-electron chi connectivity index (χ1n) is 9.06. The van der Waals surface area contributed by atoms with E-state index >= 15 is 0 Å². The van der Waals surface area contributed by atoms with E-state index in [1.807, 2.05) is 38.1 Å². The zero-order chi connectivity index (χ0) is 20.8. The Hall–Kier alpha value is -3.00. The summed E-state index contributed by atoms with van der Waals surface area (Å²) in [4.78, 5) is 17.8. The van der Waals surface area contributed by atoms with Crippen LogP contribution in [0.4, 0.5) is 0 Å². The summed E-state index contributed by atoms with van der Waals surface area (Å²) in [6, 6.07) is 13.4. The molecule has 29 heavy (non-hydrogen) atoms. The molecule has 1 N–H and O–H groups in total. The summed E-state index contributed by atoms with van der Waals surface area (Å²) in [6.07, 6.45) is 0. The number of hydrogen-bond donors (Lipinski definition) is 1. The molecule has 0 aliphatic heterocycles. The van der Waals surface area contributed by atoms with Gasteiger partial charge in [0, 0.05) is 11.0 Å². The smallest absolute Gasteiger partial charge is 0.246 e. The lowest BCUT2D eigenvalue weighted by Gasteiger charge is -2.11. The number of carbonyl (C=O) groups is 1. The third-order valence-electron chi connectivity index (χ3n) is 4.23. The Balaban J connectivity index is 1.60. The van der Waals surface area contributed by atoms with Crippen LogP contribution >= 0.6 is 11.8 Å². The lowest BCUT2D eigenvalue weighted by Crippen LogP contribution is -2.30. The number of ether oxygens (including phenoxy) is 2. The van der Waals surface area contributed by atoms with Crippen LogP contribution in [0.3, 0.4) is 0 Å². The van der Waals surface area contributed by atoms with E-state index in [0.717, 1.165) is 4.90 Å². The van der Waals surface area contributed by atoms with Crippen molar-refractivity contribution in [2.75, 3.05) is 14.2 Å². The topological polar surface area (TPSA) is 86.5 Å². The standard InChI is InChI=1S/C21H23N3O4S/c1-13-5-8-16(9-6-13)29-14(2)21(25)22-12-19-23-20(24-28-19)17-10-7-15(26-3)11-18(17)27-4/h5-11,14H,12H2,1-4H3,(H,22,25). The summed E-state index contributed by atoms with van der Waals surface area (Å²) < 4.78 is 15.8. The first-order valence-corrected chi connectivity index (χ1v) is 9.94. The Morgan fingerprint density at radius 3 is 2.62 bits per heavy atom. The van der Waals surface area contributed by atoms with Crippen LogP contribution in [-0.4, -0.2) is 35.5 Å². The molecule has 0 saturated carbocycles. The minimum Gasteiger partial charge on any atom is -0.497 e. The fraction of sp³-hybridized carbons (Fsp3) is 0.286. The first kappa shape index (κ1) is 20.7. The number of rotatable bonds is 8. The van der Waals surface area contributed by atoms with Crippen LogP contribution in [0.5, 0.6) is 11.5 Å². The second-order valence-corrected chi connectivity index (χ2v) is 7.78. The predicted octanol–water partition coefficient (Wildman–Crippen LogP) is 3.86. The minimum atomic E-state index is -0.248. The molecule has 1 heterocycles. The zero-order valence-corrected chi connectivity index (χ0v) is 17.6. The SMILES string of the molecule is COc1ccc(-c2noc(CNC(=O)C(C)Sc3ccc(C)cc3)n2)c(OC)c1. The van der Waals surface area contributed by atoms with E-state index < -0.39 is 0 Å². The monoisotopic (exact) mass is 413 g/mol. The van der Waals surface area contributed by atoms with E-state index in [-0.39, 0.29) is 17.7 Å². The summed E-state index contributed by atoms with van der Waals surface area (Å²) in [7, 11) is 3.15. The quantitative estimate of drug-likeness (QED) is 0.561. The number of hydrogen-bond acceptors (Lipinski definition) is 7. The molecule has 7 nitrogen and oxygen atoms in total. The number of methoxy groups -OCH3 is 2. The lowest BCUT2D eigenvalue weighted by atomic mass is 10.2. The number of carbonyl (C=O) groups excluding carboxylic acids is 1. The maximum absolute atomic E-state index is 12.4. The number of aromatic nitrogens is 2. The number of benzene rings is 2. The number of nitrogens with one attached hydrogen (secondary N) is 1. The molecule has 3 rings (SSSR count). The van der Waals surface area contributed by atoms with Gasteiger partial charge < -0.3 is 19.3 Å². The van der Waals surface area contributed by atoms with Crippen molar-refractivity contribution in [1.82, 2.24) is 15.5 Å². The van der Waals surface area contributed by atoms with Crippen molar-refractivity contribution in [2.45, 2.75) is 30.5 Å². The van der Waals surface area contributed by atoms with E-state index in [2.05, 4.69) is 15.5 Å². The highest BCUT2D eigenvalue weighted by Crippen LogP contribution is 2.31. The summed E-state index contributed by atoms with van der Waals surface area (Å²) in [6.45, 7) is 4.05. The van der Waals surface area contributed by atoms with Gasteiger partial charge in [0.25, 0.3) is 0 Å². The van der Waals surface area contributed by atoms with E-state index in [4.69, 9.17) is 14.0 Å². The molecule has 2 aromatic carbocycles. The van der Waals surface area contributed by atoms with Gasteiger partial charge in [-0.05, 0) is 38.1 Å². The zero-order valence-electron chi connectivity index (χ0n) is 16.8. The normalized spacial score (nSPS) is 11.7. The van der Waals surface area contributed by atoms with Crippen LogP contribution in [0, 0.1) is 6.92 Å². The van der Waals surface area contributed by atoms with Gasteiger partial charge in [-0.1, -0.05) is 22.9 Å². The molecule has 1 aromatic heterocycles. The molecule has 0 bridgehead atoms. The molecule has 0 aliphatic rings. The van der Waals surface area contributed by atoms with E-state index in [1.54, 1.807) is 32.4 Å². The molecule has 0 spiro atoms. The molecule has 1 unspecified atom stereocenters. The van der Waals surface area contributed by atoms with Crippen molar-refractivity contribution < 1.29 is 18.8 Å². The van der Waals surface area contributed by atoms with Crippen molar-refractivity contribution in [3.8, 4) is 22.9 Å². The number of aryl methyl sites for hydroxylation is 1. The van der Waals surface area contributed by atoms with Gasteiger partial charge in [0.15, 0.2) is 0 Å². The second kappa shape index (κ2) is 9.47. The van der Waals surface area contributed by atoms with Gasteiger partial charge in [0.1, 0.15) is 11.5 Å². The van der Waals surface area contributed by atoms with Gasteiger partial charge in [0.2, 0.25) is 17.6 Å². The summed E-state index contributed by atoms with van der Waals surface area (Å²) in [5.41, 5.74) is 1.87. The number of amides is 1. The van der Waals surface area contributed by atoms with E-state index in [0.29, 0.717) is 28.8 Å². The van der Waals surface area contributed by atoms with Gasteiger partial charge in [-0.3, -0.25) is 4.79 Å². The van der Waals surface area contributed by atoms with Crippen molar-refractivity contribution in [3.05, 3.63) is 53.9 Å². The Kier molecular flexibility index (Phi) is 6.77. The van der Waals surface area contributed by atoms with Gasteiger partial charge >= 0.3 is 0 Å². The third kappa shape index (κ3) is 5.29. The summed E-state index contributed by atoms with van der Waals surface area (Å²) in [5, 5.41) is 6.57. The van der Waals surface area contributed by atoms with Gasteiger partial charge in [-0.25, -0.2) is 0 Å². The molecule has 8 heteroatoms. The van der Waals surface area contributed by atoms with Crippen LogP contribution in [-0.2, 0) is 11.3 Å². The van der Waals surface area contributed by atoms with E-state index in [9.17, 15) is 4.79 Å². The molecular formula is C21H23N3O4S. The average Bonchev–Trinajstić information content (AvgIpc) is 3.21. The van der Waals surface area contributed by atoms with Crippen molar-refractivity contribution in [2.24, 2.45) is 0 Å². The third-order valence-corrected chi connectivity index (χ3v) is 5.35. The highest BCUT2D eigenvalue weighted by atomic mass is 32.2. The molecule has 152 valence electrons. The number of nitrogens with zero attached hydrogens (tertiary/aromatic N) is 2. The maximum atomic E-state index is 12.4. The average molecular weight is 413 g/mol. The molecule has 1 atom stereocenters. The highest BCUT2D eigenvalue weighted by Gasteiger charge is 2.17. The highest BCUT2D eigenvalue weighted by molar-refractivity contribution is 8.00. The van der Waals surface area contributed by atoms with Crippen molar-refractivity contribution in [1.29, 1.82) is 0 Å². The van der Waals surface area contributed by atoms with E-state index in [1.165, 1.54) is 17.3 Å². The largest absolute Gasteiger partial charge is 0.497 e. The number of thioether (sulfide) groups is 1. The predicted molar refractivity (Wildman–Crippen MR) is 111 cm³/mol. The molecule has 3 aromatic rings. The minimum absolute atomic E-state index is 0.0997. The molecule has 0 fully saturated rings. The first-order chi connectivity index (χ1) is 14.0. The van der Waals surface area contributed by atoms with Gasteiger partial charge in [-0.15, -0.1) is 11.8 Å². The molecule has 1 amide bonds. The Bertz CT molecular complexity index is 972. The molecule has 0 aliphatic carbocycles. The van der Waals surface area contributed by atoms with Crippen LogP contribution in [0.15, 0.2) is 51.9 Å². The van der Waals surface area contributed by atoms with Crippen LogP contribution in [0.25, 0.3) is 11.4 Å². The van der Waals surface area contributed by atoms with Crippen LogP contribution < -0.4 is 14.8 Å². The van der Waals surface area contributed by atoms with Gasteiger partial charge in [0.05, 0.1) is 31.6 Å². The Labute approximate surface area is 173 Å².